The molecule has 0 saturated carbocycles. The molecule has 12 heteroatoms. The number of aromatic hydroxyl groups is 1. The van der Waals surface area contributed by atoms with E-state index in [1.54, 1.807) is 24.3 Å². The van der Waals surface area contributed by atoms with E-state index in [-0.39, 0.29) is 22.5 Å². The van der Waals surface area contributed by atoms with E-state index < -0.39 is 4.92 Å². The molecule has 1 N–H and O–H groups in total. The minimum absolute atomic E-state index is 0.0717. The molecule has 28 heavy (non-hydrogen) atoms. The van der Waals surface area contributed by atoms with Gasteiger partial charge in [0.1, 0.15) is 5.75 Å². The molecule has 0 aliphatic carbocycles. The number of phenolic OH excluding ortho intramolecular Hbond substituents is 1. The number of rotatable bonds is 5. The number of nitrogens with zero attached hydrogens (tertiary/aromatic N) is 6. The first kappa shape index (κ1) is 18.4. The molecule has 0 atom stereocenters. The first-order chi connectivity index (χ1) is 13.5. The molecule has 4 aromatic rings. The summed E-state index contributed by atoms with van der Waals surface area (Å²) in [5.74, 6) is 0.584. The lowest BCUT2D eigenvalue weighted by Gasteiger charge is -2.09. The van der Waals surface area contributed by atoms with Gasteiger partial charge in [0.2, 0.25) is 5.52 Å². The highest BCUT2D eigenvalue weighted by Gasteiger charge is 2.22. The van der Waals surface area contributed by atoms with Crippen LogP contribution in [0.1, 0.15) is 6.92 Å². The summed E-state index contributed by atoms with van der Waals surface area (Å²) in [4.78, 5) is 11.2. The van der Waals surface area contributed by atoms with Gasteiger partial charge in [-0.3, -0.25) is 10.1 Å². The Morgan fingerprint density at radius 2 is 2.04 bits per heavy atom. The van der Waals surface area contributed by atoms with Crippen LogP contribution in [0, 0.1) is 10.1 Å². The smallest absolute Gasteiger partial charge is 0.300 e. The van der Waals surface area contributed by atoms with Crippen molar-refractivity contribution in [2.24, 2.45) is 0 Å². The van der Waals surface area contributed by atoms with E-state index in [4.69, 9.17) is 4.63 Å². The molecule has 0 spiro atoms. The van der Waals surface area contributed by atoms with Gasteiger partial charge in [-0.25, -0.2) is 4.63 Å². The van der Waals surface area contributed by atoms with E-state index in [0.29, 0.717) is 28.0 Å². The highest BCUT2D eigenvalue weighted by Crippen LogP contribution is 2.37. The van der Waals surface area contributed by atoms with Crippen LogP contribution in [-0.2, 0) is 6.54 Å². The summed E-state index contributed by atoms with van der Waals surface area (Å²) in [5, 5.41) is 37.7. The fourth-order valence-electron chi connectivity index (χ4n) is 2.69. The lowest BCUT2D eigenvalue weighted by atomic mass is 10.2. The molecule has 0 aliphatic rings. The second-order valence-electron chi connectivity index (χ2n) is 5.62. The van der Waals surface area contributed by atoms with Crippen molar-refractivity contribution >= 4 is 44.4 Å². The van der Waals surface area contributed by atoms with Gasteiger partial charge in [0.25, 0.3) is 0 Å². The molecule has 0 saturated heterocycles. The molecule has 2 heterocycles. The number of hydrogen-bond acceptors (Lipinski definition) is 9. The number of phenols is 1. The van der Waals surface area contributed by atoms with Crippen molar-refractivity contribution in [3.63, 3.8) is 0 Å². The third-order valence-electron chi connectivity index (χ3n) is 3.99. The molecule has 0 unspecified atom stereocenters. The van der Waals surface area contributed by atoms with Gasteiger partial charge in [0.05, 0.1) is 10.5 Å². The molecule has 0 radical (unpaired) electrons. The van der Waals surface area contributed by atoms with Crippen LogP contribution in [0.3, 0.4) is 0 Å². The number of benzene rings is 2. The molecular formula is C16H11BrN6O4S. The van der Waals surface area contributed by atoms with Crippen molar-refractivity contribution in [1.29, 1.82) is 0 Å². The second kappa shape index (κ2) is 7.20. The second-order valence-corrected chi connectivity index (χ2v) is 7.54. The number of hydrogen-bond donors (Lipinski definition) is 1. The van der Waals surface area contributed by atoms with Crippen molar-refractivity contribution in [1.82, 2.24) is 25.1 Å². The fourth-order valence-corrected chi connectivity index (χ4v) is 4.03. The summed E-state index contributed by atoms with van der Waals surface area (Å²) < 4.78 is 7.32. The Kier molecular flexibility index (Phi) is 4.73. The zero-order valence-electron chi connectivity index (χ0n) is 14.2. The van der Waals surface area contributed by atoms with Crippen LogP contribution >= 0.6 is 27.7 Å². The maximum Gasteiger partial charge on any atom is 0.300 e. The molecule has 0 bridgehead atoms. The van der Waals surface area contributed by atoms with E-state index in [1.165, 1.54) is 17.8 Å². The van der Waals surface area contributed by atoms with E-state index in [1.807, 2.05) is 11.5 Å². The highest BCUT2D eigenvalue weighted by atomic mass is 79.9. The van der Waals surface area contributed by atoms with E-state index in [9.17, 15) is 15.2 Å². The summed E-state index contributed by atoms with van der Waals surface area (Å²) >= 11 is 4.62. The SMILES string of the molecule is CCn1c(Sc2ccc([N+](=O)[O-])c3nonc23)nnc1-c1cc(Br)ccc1O. The van der Waals surface area contributed by atoms with E-state index in [0.717, 1.165) is 4.47 Å². The van der Waals surface area contributed by atoms with E-state index in [2.05, 4.69) is 36.4 Å². The predicted molar refractivity (Wildman–Crippen MR) is 103 cm³/mol. The molecule has 10 nitrogen and oxygen atoms in total. The fraction of sp³-hybridized carbons (Fsp3) is 0.125. The van der Waals surface area contributed by atoms with Crippen LogP contribution in [0.2, 0.25) is 0 Å². The average molecular weight is 463 g/mol. The summed E-state index contributed by atoms with van der Waals surface area (Å²) in [5.41, 5.74) is 0.698. The summed E-state index contributed by atoms with van der Waals surface area (Å²) in [6.45, 7) is 2.47. The molecule has 2 aromatic heterocycles. The normalized spacial score (nSPS) is 11.2. The summed E-state index contributed by atoms with van der Waals surface area (Å²) in [6, 6.07) is 7.97. The Balaban J connectivity index is 1.78. The first-order valence-electron chi connectivity index (χ1n) is 7.99. The first-order valence-corrected chi connectivity index (χ1v) is 9.60. The van der Waals surface area contributed by atoms with Gasteiger partial charge in [-0.15, -0.1) is 10.2 Å². The van der Waals surface area contributed by atoms with Crippen LogP contribution in [0.5, 0.6) is 5.75 Å². The topological polar surface area (TPSA) is 133 Å². The summed E-state index contributed by atoms with van der Waals surface area (Å²) in [6.07, 6.45) is 0. The van der Waals surface area contributed by atoms with Crippen LogP contribution in [0.15, 0.2) is 49.5 Å². The Bertz CT molecular complexity index is 1210. The zero-order chi connectivity index (χ0) is 19.8. The molecule has 142 valence electrons. The number of halogens is 1. The summed E-state index contributed by atoms with van der Waals surface area (Å²) in [7, 11) is 0. The van der Waals surface area contributed by atoms with Gasteiger partial charge < -0.3 is 9.67 Å². The van der Waals surface area contributed by atoms with Crippen molar-refractivity contribution < 1.29 is 14.7 Å². The monoisotopic (exact) mass is 462 g/mol. The quantitative estimate of drug-likeness (QED) is 0.344. The maximum atomic E-state index is 11.1. The number of nitro benzene ring substituents is 1. The Morgan fingerprint density at radius 3 is 2.79 bits per heavy atom. The number of fused-ring (bicyclic) bond motifs is 1. The van der Waals surface area contributed by atoms with Crippen molar-refractivity contribution in [2.75, 3.05) is 0 Å². The third-order valence-corrected chi connectivity index (χ3v) is 5.51. The number of nitro groups is 1. The zero-order valence-corrected chi connectivity index (χ0v) is 16.6. The maximum absolute atomic E-state index is 11.1. The van der Waals surface area contributed by atoms with Gasteiger partial charge in [0.15, 0.2) is 16.5 Å². The van der Waals surface area contributed by atoms with Crippen molar-refractivity contribution in [3.05, 3.63) is 44.9 Å². The van der Waals surface area contributed by atoms with Gasteiger partial charge in [-0.05, 0) is 53.3 Å². The van der Waals surface area contributed by atoms with Gasteiger partial charge in [0, 0.05) is 22.0 Å². The highest BCUT2D eigenvalue weighted by molar-refractivity contribution is 9.10. The van der Waals surface area contributed by atoms with Crippen LogP contribution in [0.25, 0.3) is 22.4 Å². The van der Waals surface area contributed by atoms with E-state index >= 15 is 0 Å². The molecule has 0 aliphatic heterocycles. The van der Waals surface area contributed by atoms with Crippen LogP contribution in [-0.4, -0.2) is 35.1 Å². The molecular weight excluding hydrogens is 452 g/mol. The van der Waals surface area contributed by atoms with Crippen molar-refractivity contribution in [2.45, 2.75) is 23.5 Å². The van der Waals surface area contributed by atoms with Gasteiger partial charge >= 0.3 is 5.69 Å². The van der Waals surface area contributed by atoms with Gasteiger partial charge in [-0.2, -0.15) is 0 Å². The third kappa shape index (κ3) is 3.10. The molecule has 0 amide bonds. The lowest BCUT2D eigenvalue weighted by molar-refractivity contribution is -0.383. The number of non-ortho nitro benzene ring substituents is 1. The standard InChI is InChI=1S/C16H11BrN6O4S/c1-2-22-15(9-7-8(17)3-5-11(9)24)18-19-16(22)28-12-6-4-10(23(25)26)13-14(12)21-27-20-13/h3-7,24H,2H2,1H3. The molecule has 4 rings (SSSR count). The average Bonchev–Trinajstić information content (AvgIpc) is 3.30. The van der Waals surface area contributed by atoms with Crippen LogP contribution < -0.4 is 0 Å². The van der Waals surface area contributed by atoms with Crippen molar-refractivity contribution in [3.8, 4) is 17.1 Å². The minimum Gasteiger partial charge on any atom is -0.507 e. The molecule has 0 fully saturated rings. The predicted octanol–water partition coefficient (Wildman–Crippen LogP) is 4.03. The Labute approximate surface area is 169 Å². The van der Waals surface area contributed by atoms with Crippen LogP contribution in [0.4, 0.5) is 5.69 Å². The van der Waals surface area contributed by atoms with Gasteiger partial charge in [-0.1, -0.05) is 15.9 Å². The Morgan fingerprint density at radius 1 is 1.25 bits per heavy atom. The number of aromatic nitrogens is 5. The minimum atomic E-state index is -0.538. The molecule has 2 aromatic carbocycles. The lowest BCUT2D eigenvalue weighted by Crippen LogP contribution is -2.00. The Hall–Kier alpha value is -2.99. The largest absolute Gasteiger partial charge is 0.507 e.